The minimum atomic E-state index is -0.696. The summed E-state index contributed by atoms with van der Waals surface area (Å²) in [5.74, 6) is 2.33. The Morgan fingerprint density at radius 2 is 2.21 bits per heavy atom. The topological polar surface area (TPSA) is 61.4 Å². The molecular weight excluding hydrogens is 260 g/mol. The highest BCUT2D eigenvalue weighted by Crippen LogP contribution is 2.28. The number of rotatable bonds is 4. The molecule has 4 nitrogen and oxygen atoms in total. The van der Waals surface area contributed by atoms with E-state index in [0.717, 1.165) is 30.8 Å². The Labute approximate surface area is 120 Å². The van der Waals surface area contributed by atoms with Crippen molar-refractivity contribution in [1.82, 2.24) is 10.6 Å². The van der Waals surface area contributed by atoms with Gasteiger partial charge < -0.3 is 15.7 Å². The Morgan fingerprint density at radius 1 is 1.42 bits per heavy atom. The summed E-state index contributed by atoms with van der Waals surface area (Å²) in [6.07, 6.45) is 6.72. The molecule has 110 valence electrons. The van der Waals surface area contributed by atoms with E-state index in [4.69, 9.17) is 0 Å². The maximum Gasteiger partial charge on any atom is 0.315 e. The lowest BCUT2D eigenvalue weighted by Gasteiger charge is -2.32. The SMILES string of the molecule is CCC1CCCCC1NC(=O)NCC1(O)CCSC1. The van der Waals surface area contributed by atoms with E-state index < -0.39 is 5.60 Å². The van der Waals surface area contributed by atoms with Crippen LogP contribution >= 0.6 is 11.8 Å². The van der Waals surface area contributed by atoms with Crippen LogP contribution in [0.15, 0.2) is 0 Å². The summed E-state index contributed by atoms with van der Waals surface area (Å²) >= 11 is 1.75. The van der Waals surface area contributed by atoms with Gasteiger partial charge in [0.2, 0.25) is 0 Å². The number of nitrogens with one attached hydrogen (secondary N) is 2. The molecule has 0 bridgehead atoms. The van der Waals surface area contributed by atoms with Crippen molar-refractivity contribution in [2.24, 2.45) is 5.92 Å². The summed E-state index contributed by atoms with van der Waals surface area (Å²) in [7, 11) is 0. The first-order chi connectivity index (χ1) is 9.13. The van der Waals surface area contributed by atoms with Crippen LogP contribution in [0.4, 0.5) is 4.79 Å². The number of amides is 2. The highest BCUT2D eigenvalue weighted by atomic mass is 32.2. The lowest BCUT2D eigenvalue weighted by Crippen LogP contribution is -2.51. The summed E-state index contributed by atoms with van der Waals surface area (Å²) in [5.41, 5.74) is -0.696. The van der Waals surface area contributed by atoms with Crippen LogP contribution in [0.5, 0.6) is 0 Å². The third-order valence-electron chi connectivity index (χ3n) is 4.41. The Balaban J connectivity index is 1.74. The van der Waals surface area contributed by atoms with Gasteiger partial charge >= 0.3 is 6.03 Å². The Kier molecular flexibility index (Phi) is 5.39. The Bertz CT molecular complexity index is 306. The highest BCUT2D eigenvalue weighted by molar-refractivity contribution is 7.99. The zero-order valence-electron chi connectivity index (χ0n) is 11.8. The minimum Gasteiger partial charge on any atom is -0.387 e. The largest absolute Gasteiger partial charge is 0.387 e. The maximum atomic E-state index is 11.9. The van der Waals surface area contributed by atoms with E-state index in [0.29, 0.717) is 18.5 Å². The van der Waals surface area contributed by atoms with Crippen LogP contribution in [0.25, 0.3) is 0 Å². The highest BCUT2D eigenvalue weighted by Gasteiger charge is 2.32. The Hall–Kier alpha value is -0.420. The molecule has 0 radical (unpaired) electrons. The first-order valence-corrected chi connectivity index (χ1v) is 8.63. The van der Waals surface area contributed by atoms with Gasteiger partial charge in [0.05, 0.1) is 5.60 Å². The van der Waals surface area contributed by atoms with E-state index in [1.807, 2.05) is 0 Å². The molecule has 3 atom stereocenters. The molecule has 1 saturated heterocycles. The number of thioether (sulfide) groups is 1. The van der Waals surface area contributed by atoms with Crippen molar-refractivity contribution in [3.05, 3.63) is 0 Å². The second kappa shape index (κ2) is 6.84. The minimum absolute atomic E-state index is 0.115. The van der Waals surface area contributed by atoms with Crippen molar-refractivity contribution >= 4 is 17.8 Å². The van der Waals surface area contributed by atoms with Gasteiger partial charge in [-0.3, -0.25) is 0 Å². The molecule has 1 aliphatic heterocycles. The fourth-order valence-electron chi connectivity index (χ4n) is 3.09. The van der Waals surface area contributed by atoms with Crippen LogP contribution < -0.4 is 10.6 Å². The van der Waals surface area contributed by atoms with Crippen molar-refractivity contribution in [1.29, 1.82) is 0 Å². The van der Waals surface area contributed by atoms with Crippen molar-refractivity contribution in [2.75, 3.05) is 18.1 Å². The third kappa shape index (κ3) is 4.28. The summed E-state index contributed by atoms with van der Waals surface area (Å²) in [4.78, 5) is 11.9. The van der Waals surface area contributed by atoms with Gasteiger partial charge in [-0.1, -0.05) is 26.2 Å². The van der Waals surface area contributed by atoms with Crippen LogP contribution in [0.3, 0.4) is 0 Å². The molecule has 3 unspecified atom stereocenters. The molecule has 5 heteroatoms. The van der Waals surface area contributed by atoms with E-state index in [9.17, 15) is 9.90 Å². The molecule has 0 aromatic carbocycles. The number of carbonyl (C=O) groups excluding carboxylic acids is 1. The number of urea groups is 1. The summed E-state index contributed by atoms with van der Waals surface area (Å²) in [6, 6.07) is 0.196. The van der Waals surface area contributed by atoms with Crippen LogP contribution in [-0.2, 0) is 0 Å². The molecule has 3 N–H and O–H groups in total. The molecule has 2 rings (SSSR count). The Morgan fingerprint density at radius 3 is 2.89 bits per heavy atom. The first-order valence-electron chi connectivity index (χ1n) is 7.47. The molecule has 0 spiro atoms. The van der Waals surface area contributed by atoms with Gasteiger partial charge in [-0.05, 0) is 30.9 Å². The van der Waals surface area contributed by atoms with E-state index in [1.165, 1.54) is 19.3 Å². The number of hydrogen-bond acceptors (Lipinski definition) is 3. The van der Waals surface area contributed by atoms with Gasteiger partial charge in [0.1, 0.15) is 0 Å². The molecular formula is C14H26N2O2S. The van der Waals surface area contributed by atoms with Crippen molar-refractivity contribution in [3.63, 3.8) is 0 Å². The lowest BCUT2D eigenvalue weighted by molar-refractivity contribution is 0.0696. The zero-order valence-corrected chi connectivity index (χ0v) is 12.6. The number of carbonyl (C=O) groups is 1. The van der Waals surface area contributed by atoms with Crippen molar-refractivity contribution in [2.45, 2.75) is 57.1 Å². The molecule has 0 aromatic rings. The quantitative estimate of drug-likeness (QED) is 0.742. The summed E-state index contributed by atoms with van der Waals surface area (Å²) < 4.78 is 0. The summed E-state index contributed by atoms with van der Waals surface area (Å²) in [6.45, 7) is 2.57. The second-order valence-corrected chi connectivity index (χ2v) is 7.02. The maximum absolute atomic E-state index is 11.9. The zero-order chi connectivity index (χ0) is 13.7. The molecule has 0 aromatic heterocycles. The normalized spacial score (nSPS) is 35.1. The molecule has 2 aliphatic rings. The standard InChI is InChI=1S/C14H26N2O2S/c1-2-11-5-3-4-6-12(11)16-13(17)15-9-14(18)7-8-19-10-14/h11-12,18H,2-10H2,1H3,(H2,15,16,17). The average molecular weight is 286 g/mol. The van der Waals surface area contributed by atoms with E-state index in [1.54, 1.807) is 11.8 Å². The average Bonchev–Trinajstić information content (AvgIpc) is 2.85. The predicted molar refractivity (Wildman–Crippen MR) is 79.5 cm³/mol. The monoisotopic (exact) mass is 286 g/mol. The molecule has 2 fully saturated rings. The smallest absolute Gasteiger partial charge is 0.315 e. The number of hydrogen-bond donors (Lipinski definition) is 3. The van der Waals surface area contributed by atoms with Crippen LogP contribution in [0.2, 0.25) is 0 Å². The fraction of sp³-hybridized carbons (Fsp3) is 0.929. The van der Waals surface area contributed by atoms with Crippen molar-refractivity contribution < 1.29 is 9.90 Å². The second-order valence-electron chi connectivity index (χ2n) is 5.91. The van der Waals surface area contributed by atoms with E-state index >= 15 is 0 Å². The van der Waals surface area contributed by atoms with Gasteiger partial charge in [0, 0.05) is 18.3 Å². The van der Waals surface area contributed by atoms with Crippen LogP contribution in [0, 0.1) is 5.92 Å². The van der Waals surface area contributed by atoms with E-state index in [-0.39, 0.29) is 6.03 Å². The molecule has 2 amide bonds. The van der Waals surface area contributed by atoms with Gasteiger partial charge in [0.25, 0.3) is 0 Å². The van der Waals surface area contributed by atoms with Gasteiger partial charge in [0.15, 0.2) is 0 Å². The molecule has 1 aliphatic carbocycles. The lowest BCUT2D eigenvalue weighted by atomic mass is 9.83. The molecule has 19 heavy (non-hydrogen) atoms. The van der Waals surface area contributed by atoms with Gasteiger partial charge in [-0.15, -0.1) is 0 Å². The fourth-order valence-corrected chi connectivity index (χ4v) is 4.38. The predicted octanol–water partition coefficient (Wildman–Crippen LogP) is 2.12. The third-order valence-corrected chi connectivity index (χ3v) is 5.64. The van der Waals surface area contributed by atoms with Gasteiger partial charge in [-0.2, -0.15) is 11.8 Å². The van der Waals surface area contributed by atoms with Crippen LogP contribution in [-0.4, -0.2) is 40.8 Å². The number of aliphatic hydroxyl groups is 1. The van der Waals surface area contributed by atoms with Crippen molar-refractivity contribution in [3.8, 4) is 0 Å². The van der Waals surface area contributed by atoms with Gasteiger partial charge in [-0.25, -0.2) is 4.79 Å². The first kappa shape index (κ1) is 15.0. The molecule has 1 heterocycles. The van der Waals surface area contributed by atoms with Crippen LogP contribution in [0.1, 0.15) is 45.4 Å². The molecule has 1 saturated carbocycles. The summed E-state index contributed by atoms with van der Waals surface area (Å²) in [5, 5.41) is 16.1. The van der Waals surface area contributed by atoms with E-state index in [2.05, 4.69) is 17.6 Å².